The standard InChI is InChI=1S/C27H27N3O7S/c31-26-19-37-25-18-21(8-11-24(25)30(26)14-17-36-22-4-2-1-3-5-22)28-27(32)20-6-9-23(10-7-20)38(33,34)29-12-15-35-16-13-29/h1-11,18H,12-17,19H2,(H,28,32). The number of carbonyl (C=O) groups excluding carboxylic acids is 2. The van der Waals surface area contributed by atoms with Gasteiger partial charge in [0.05, 0.1) is 30.3 Å². The number of amides is 2. The maximum absolute atomic E-state index is 12.8. The van der Waals surface area contributed by atoms with Crippen LogP contribution in [-0.2, 0) is 19.6 Å². The Kier molecular flexibility index (Phi) is 7.59. The molecule has 0 bridgehead atoms. The number of ether oxygens (including phenoxy) is 3. The fourth-order valence-electron chi connectivity index (χ4n) is 4.22. The van der Waals surface area contributed by atoms with Crippen LogP contribution in [0.25, 0.3) is 0 Å². The lowest BCUT2D eigenvalue weighted by Gasteiger charge is -2.29. The fourth-order valence-corrected chi connectivity index (χ4v) is 5.62. The molecular weight excluding hydrogens is 510 g/mol. The number of carbonyl (C=O) groups is 2. The van der Waals surface area contributed by atoms with Crippen LogP contribution < -0.4 is 19.7 Å². The number of nitrogens with zero attached hydrogens (tertiary/aromatic N) is 2. The summed E-state index contributed by atoms with van der Waals surface area (Å²) in [6, 6.07) is 20.2. The van der Waals surface area contributed by atoms with Gasteiger partial charge in [-0.25, -0.2) is 8.42 Å². The molecule has 198 valence electrons. The first kappa shape index (κ1) is 25.7. The van der Waals surface area contributed by atoms with E-state index < -0.39 is 15.9 Å². The van der Waals surface area contributed by atoms with Crippen LogP contribution in [0.5, 0.6) is 11.5 Å². The second kappa shape index (κ2) is 11.2. The van der Waals surface area contributed by atoms with Crippen molar-refractivity contribution < 1.29 is 32.2 Å². The first-order valence-corrected chi connectivity index (χ1v) is 13.6. The molecule has 1 N–H and O–H groups in total. The van der Waals surface area contributed by atoms with Gasteiger partial charge in [-0.1, -0.05) is 18.2 Å². The van der Waals surface area contributed by atoms with Crippen LogP contribution in [0.15, 0.2) is 77.7 Å². The van der Waals surface area contributed by atoms with Crippen LogP contribution in [0.3, 0.4) is 0 Å². The summed E-state index contributed by atoms with van der Waals surface area (Å²) in [4.78, 5) is 27.0. The summed E-state index contributed by atoms with van der Waals surface area (Å²) in [6.07, 6.45) is 0. The summed E-state index contributed by atoms with van der Waals surface area (Å²) in [7, 11) is -3.64. The van der Waals surface area contributed by atoms with Crippen LogP contribution in [0, 0.1) is 0 Å². The minimum absolute atomic E-state index is 0.116. The molecule has 0 unspecified atom stereocenters. The van der Waals surface area contributed by atoms with Gasteiger partial charge in [-0.2, -0.15) is 4.31 Å². The second-order valence-electron chi connectivity index (χ2n) is 8.67. The lowest BCUT2D eigenvalue weighted by molar-refractivity contribution is -0.121. The Morgan fingerprint density at radius 3 is 2.45 bits per heavy atom. The van der Waals surface area contributed by atoms with E-state index in [4.69, 9.17) is 14.2 Å². The third kappa shape index (κ3) is 5.64. The molecular formula is C27H27N3O7S. The van der Waals surface area contributed by atoms with E-state index in [9.17, 15) is 18.0 Å². The van der Waals surface area contributed by atoms with E-state index in [1.807, 2.05) is 30.3 Å². The largest absolute Gasteiger partial charge is 0.492 e. The van der Waals surface area contributed by atoms with Crippen LogP contribution in [0.4, 0.5) is 11.4 Å². The van der Waals surface area contributed by atoms with Gasteiger partial charge >= 0.3 is 0 Å². The molecule has 3 aromatic rings. The number of anilines is 2. The molecule has 0 atom stereocenters. The number of fused-ring (bicyclic) bond motifs is 1. The van der Waals surface area contributed by atoms with Gasteiger partial charge in [0, 0.05) is 30.4 Å². The second-order valence-corrected chi connectivity index (χ2v) is 10.6. The maximum Gasteiger partial charge on any atom is 0.265 e. The van der Waals surface area contributed by atoms with Crippen molar-refractivity contribution in [3.8, 4) is 11.5 Å². The molecule has 10 nitrogen and oxygen atoms in total. The van der Waals surface area contributed by atoms with Crippen molar-refractivity contribution in [1.29, 1.82) is 0 Å². The van der Waals surface area contributed by atoms with E-state index in [-0.39, 0.29) is 17.4 Å². The molecule has 3 aromatic carbocycles. The Hall–Kier alpha value is -3.93. The van der Waals surface area contributed by atoms with E-state index >= 15 is 0 Å². The van der Waals surface area contributed by atoms with Crippen molar-refractivity contribution >= 4 is 33.2 Å². The Balaban J connectivity index is 1.23. The lowest BCUT2D eigenvalue weighted by Crippen LogP contribution is -2.41. The van der Waals surface area contributed by atoms with Crippen LogP contribution in [-0.4, -0.2) is 70.6 Å². The van der Waals surface area contributed by atoms with E-state index in [0.29, 0.717) is 62.1 Å². The molecule has 2 aliphatic heterocycles. The average molecular weight is 538 g/mol. The molecule has 5 rings (SSSR count). The van der Waals surface area contributed by atoms with Gasteiger partial charge in [0.25, 0.3) is 11.8 Å². The smallest absolute Gasteiger partial charge is 0.265 e. The van der Waals surface area contributed by atoms with Crippen molar-refractivity contribution in [2.45, 2.75) is 4.90 Å². The summed E-state index contributed by atoms with van der Waals surface area (Å²) < 4.78 is 43.5. The van der Waals surface area contributed by atoms with Crippen LogP contribution in [0.1, 0.15) is 10.4 Å². The monoisotopic (exact) mass is 537 g/mol. The molecule has 0 aromatic heterocycles. The summed E-state index contributed by atoms with van der Waals surface area (Å²) >= 11 is 0. The van der Waals surface area contributed by atoms with E-state index in [0.717, 1.165) is 5.75 Å². The quantitative estimate of drug-likeness (QED) is 0.470. The van der Waals surface area contributed by atoms with Crippen molar-refractivity contribution in [2.75, 3.05) is 56.3 Å². The highest BCUT2D eigenvalue weighted by Crippen LogP contribution is 2.34. The predicted molar refractivity (Wildman–Crippen MR) is 140 cm³/mol. The van der Waals surface area contributed by atoms with Crippen molar-refractivity contribution in [2.24, 2.45) is 0 Å². The molecule has 0 radical (unpaired) electrons. The molecule has 38 heavy (non-hydrogen) atoms. The number of benzene rings is 3. The van der Waals surface area contributed by atoms with E-state index in [1.54, 1.807) is 23.1 Å². The number of sulfonamides is 1. The number of hydrogen-bond acceptors (Lipinski definition) is 7. The van der Waals surface area contributed by atoms with Crippen molar-refractivity contribution in [1.82, 2.24) is 4.31 Å². The third-order valence-electron chi connectivity index (χ3n) is 6.21. The minimum atomic E-state index is -3.64. The molecule has 0 spiro atoms. The number of hydrogen-bond donors (Lipinski definition) is 1. The molecule has 1 saturated heterocycles. The number of morpholine rings is 1. The van der Waals surface area contributed by atoms with E-state index in [2.05, 4.69) is 5.32 Å². The normalized spacial score (nSPS) is 15.9. The Morgan fingerprint density at radius 2 is 1.71 bits per heavy atom. The molecule has 1 fully saturated rings. The first-order valence-electron chi connectivity index (χ1n) is 12.2. The first-order chi connectivity index (χ1) is 18.4. The van der Waals surface area contributed by atoms with Gasteiger partial charge in [0.2, 0.25) is 10.0 Å². The SMILES string of the molecule is O=C(Nc1ccc2c(c1)OCC(=O)N2CCOc1ccccc1)c1ccc(S(=O)(=O)N2CCOCC2)cc1. The Morgan fingerprint density at radius 1 is 0.974 bits per heavy atom. The number of nitrogens with one attached hydrogen (secondary N) is 1. The number of para-hydroxylation sites is 1. The topological polar surface area (TPSA) is 114 Å². The fraction of sp³-hybridized carbons (Fsp3) is 0.259. The average Bonchev–Trinajstić information content (AvgIpc) is 2.95. The summed E-state index contributed by atoms with van der Waals surface area (Å²) in [5, 5.41) is 2.80. The zero-order valence-electron chi connectivity index (χ0n) is 20.5. The van der Waals surface area contributed by atoms with E-state index in [1.165, 1.54) is 28.6 Å². The van der Waals surface area contributed by atoms with Gasteiger partial charge in [0.15, 0.2) is 6.61 Å². The summed E-state index contributed by atoms with van der Waals surface area (Å²) in [5.74, 6) is 0.602. The van der Waals surface area contributed by atoms with Crippen molar-refractivity contribution in [3.05, 3.63) is 78.4 Å². The molecule has 0 saturated carbocycles. The highest BCUT2D eigenvalue weighted by Gasteiger charge is 2.27. The van der Waals surface area contributed by atoms with Crippen molar-refractivity contribution in [3.63, 3.8) is 0 Å². The Bertz CT molecular complexity index is 1410. The zero-order chi connectivity index (χ0) is 26.5. The maximum atomic E-state index is 12.8. The molecule has 0 aliphatic carbocycles. The number of rotatable bonds is 8. The summed E-state index contributed by atoms with van der Waals surface area (Å²) in [5.41, 5.74) is 1.38. The van der Waals surface area contributed by atoms with Gasteiger partial charge in [-0.05, 0) is 48.5 Å². The molecule has 2 aliphatic rings. The summed E-state index contributed by atoms with van der Waals surface area (Å²) in [6.45, 7) is 1.85. The van der Waals surface area contributed by atoms with Gasteiger partial charge in [-0.15, -0.1) is 0 Å². The van der Waals surface area contributed by atoms with Crippen LogP contribution >= 0.6 is 0 Å². The van der Waals surface area contributed by atoms with Gasteiger partial charge in [-0.3, -0.25) is 9.59 Å². The zero-order valence-corrected chi connectivity index (χ0v) is 21.4. The highest BCUT2D eigenvalue weighted by molar-refractivity contribution is 7.89. The highest BCUT2D eigenvalue weighted by atomic mass is 32.2. The molecule has 2 amide bonds. The molecule has 2 heterocycles. The van der Waals surface area contributed by atoms with Crippen LogP contribution in [0.2, 0.25) is 0 Å². The predicted octanol–water partition coefficient (Wildman–Crippen LogP) is 2.76. The van der Waals surface area contributed by atoms with Gasteiger partial charge < -0.3 is 24.4 Å². The minimum Gasteiger partial charge on any atom is -0.492 e. The van der Waals surface area contributed by atoms with Gasteiger partial charge in [0.1, 0.15) is 18.1 Å². The Labute approximate surface area is 220 Å². The lowest BCUT2D eigenvalue weighted by atomic mass is 10.2. The molecule has 11 heteroatoms. The third-order valence-corrected chi connectivity index (χ3v) is 8.12.